The van der Waals surface area contributed by atoms with Gasteiger partial charge in [-0.1, -0.05) is 23.7 Å². The predicted octanol–water partition coefficient (Wildman–Crippen LogP) is 3.05. The molecule has 12 heteroatoms. The van der Waals surface area contributed by atoms with Gasteiger partial charge in [-0.25, -0.2) is 26.7 Å². The van der Waals surface area contributed by atoms with Crippen LogP contribution in [0, 0.1) is 0 Å². The van der Waals surface area contributed by atoms with Crippen molar-refractivity contribution in [3.8, 4) is 0 Å². The van der Waals surface area contributed by atoms with Crippen molar-refractivity contribution in [1.29, 1.82) is 0 Å². The van der Waals surface area contributed by atoms with Gasteiger partial charge in [-0.2, -0.15) is 13.2 Å². The maximum absolute atomic E-state index is 12.8. The van der Waals surface area contributed by atoms with E-state index in [0.717, 1.165) is 12.1 Å². The van der Waals surface area contributed by atoms with E-state index in [2.05, 4.69) is 4.72 Å². The fraction of sp³-hybridized carbons (Fsp3) is 0.200. The number of primary sulfonamides is 1. The lowest BCUT2D eigenvalue weighted by Crippen LogP contribution is -2.27. The summed E-state index contributed by atoms with van der Waals surface area (Å²) in [5.74, 6) is 0. The molecule has 0 fully saturated rings. The first-order valence-corrected chi connectivity index (χ1v) is 10.6. The number of nitrogens with two attached hydrogens (primary N) is 1. The molecular formula is C15H14ClF3N2O4S2. The van der Waals surface area contributed by atoms with E-state index in [-0.39, 0.29) is 15.5 Å². The Balaban J connectivity index is 2.40. The predicted molar refractivity (Wildman–Crippen MR) is 93.0 cm³/mol. The summed E-state index contributed by atoms with van der Waals surface area (Å²) in [6.07, 6.45) is -4.75. The average molecular weight is 443 g/mol. The molecule has 0 bridgehead atoms. The molecule has 0 aromatic heterocycles. The molecular weight excluding hydrogens is 429 g/mol. The minimum absolute atomic E-state index is 0.233. The molecule has 0 heterocycles. The van der Waals surface area contributed by atoms with Crippen molar-refractivity contribution >= 4 is 31.6 Å². The Labute approximate surface area is 159 Å². The van der Waals surface area contributed by atoms with E-state index >= 15 is 0 Å². The fourth-order valence-electron chi connectivity index (χ4n) is 2.21. The molecule has 3 N–H and O–H groups in total. The van der Waals surface area contributed by atoms with Gasteiger partial charge in [-0.05, 0) is 42.8 Å². The zero-order valence-corrected chi connectivity index (χ0v) is 16.0. The Hall–Kier alpha value is -1.66. The number of alkyl halides is 3. The summed E-state index contributed by atoms with van der Waals surface area (Å²) in [5.41, 5.74) is -0.927. The van der Waals surface area contributed by atoms with Crippen LogP contribution in [0.15, 0.2) is 52.3 Å². The van der Waals surface area contributed by atoms with Gasteiger partial charge in [0, 0.05) is 6.04 Å². The van der Waals surface area contributed by atoms with E-state index in [4.69, 9.17) is 16.7 Å². The standard InChI is InChI=1S/C15H14ClF3N2O4S2/c1-9(10-3-2-4-12(7-10)26(20,22)23)21-27(24,25)14-8-11(15(17,18)19)5-6-13(14)16/h2-9,21H,1H3,(H2,20,22,23). The quantitative estimate of drug-likeness (QED) is 0.742. The van der Waals surface area contributed by atoms with Crippen molar-refractivity contribution in [2.75, 3.05) is 0 Å². The van der Waals surface area contributed by atoms with Gasteiger partial charge in [0.15, 0.2) is 0 Å². The van der Waals surface area contributed by atoms with Crippen LogP contribution in [0.2, 0.25) is 5.02 Å². The molecule has 0 saturated heterocycles. The van der Waals surface area contributed by atoms with Crippen molar-refractivity contribution in [1.82, 2.24) is 4.72 Å². The number of hydrogen-bond donors (Lipinski definition) is 2. The molecule has 1 atom stereocenters. The lowest BCUT2D eigenvalue weighted by Gasteiger charge is -2.17. The molecule has 2 aromatic rings. The fourth-order valence-corrected chi connectivity index (χ4v) is 4.54. The summed E-state index contributed by atoms with van der Waals surface area (Å²) in [6, 6.07) is 6.15. The topological polar surface area (TPSA) is 106 Å². The third-order valence-corrected chi connectivity index (χ3v) is 6.50. The zero-order valence-electron chi connectivity index (χ0n) is 13.7. The molecule has 2 aromatic carbocycles. The highest BCUT2D eigenvalue weighted by molar-refractivity contribution is 7.89. The normalized spacial score (nSPS) is 14.1. The van der Waals surface area contributed by atoms with E-state index < -0.39 is 42.7 Å². The Morgan fingerprint density at radius 2 is 1.70 bits per heavy atom. The monoisotopic (exact) mass is 442 g/mol. The van der Waals surface area contributed by atoms with Gasteiger partial charge >= 0.3 is 6.18 Å². The summed E-state index contributed by atoms with van der Waals surface area (Å²) in [6.45, 7) is 1.39. The van der Waals surface area contributed by atoms with Crippen molar-refractivity contribution in [2.24, 2.45) is 5.14 Å². The second-order valence-corrected chi connectivity index (χ2v) is 9.25. The largest absolute Gasteiger partial charge is 0.416 e. The van der Waals surface area contributed by atoms with Gasteiger partial charge in [0.25, 0.3) is 0 Å². The first-order chi connectivity index (χ1) is 12.2. The maximum Gasteiger partial charge on any atom is 0.416 e. The summed E-state index contributed by atoms with van der Waals surface area (Å²) in [5, 5.41) is 4.64. The average Bonchev–Trinajstić information content (AvgIpc) is 2.53. The van der Waals surface area contributed by atoms with Gasteiger partial charge in [-0.15, -0.1) is 0 Å². The van der Waals surface area contributed by atoms with E-state index in [1.807, 2.05) is 0 Å². The highest BCUT2D eigenvalue weighted by Gasteiger charge is 2.33. The van der Waals surface area contributed by atoms with Gasteiger partial charge in [-0.3, -0.25) is 0 Å². The van der Waals surface area contributed by atoms with Gasteiger partial charge in [0.05, 0.1) is 15.5 Å². The van der Waals surface area contributed by atoms with Crippen molar-refractivity contribution in [2.45, 2.75) is 28.9 Å². The van der Waals surface area contributed by atoms with Crippen LogP contribution in [-0.2, 0) is 26.2 Å². The van der Waals surface area contributed by atoms with Crippen LogP contribution < -0.4 is 9.86 Å². The number of sulfonamides is 2. The number of nitrogens with one attached hydrogen (secondary N) is 1. The van der Waals surface area contributed by atoms with Crippen molar-refractivity contribution < 1.29 is 30.0 Å². The first kappa shape index (κ1) is 21.6. The number of rotatable bonds is 5. The minimum atomic E-state index is -4.75. The Morgan fingerprint density at radius 1 is 1.07 bits per heavy atom. The van der Waals surface area contributed by atoms with Gasteiger partial charge < -0.3 is 0 Å². The maximum atomic E-state index is 12.8. The van der Waals surface area contributed by atoms with E-state index in [1.165, 1.54) is 25.1 Å². The molecule has 27 heavy (non-hydrogen) atoms. The second kappa shape index (κ2) is 7.40. The van der Waals surface area contributed by atoms with E-state index in [9.17, 15) is 30.0 Å². The molecule has 1 unspecified atom stereocenters. The summed E-state index contributed by atoms with van der Waals surface area (Å²) in [7, 11) is -8.44. The molecule has 0 radical (unpaired) electrons. The lowest BCUT2D eigenvalue weighted by atomic mass is 10.1. The molecule has 0 saturated carbocycles. The molecule has 148 valence electrons. The highest BCUT2D eigenvalue weighted by Crippen LogP contribution is 2.33. The van der Waals surface area contributed by atoms with Crippen LogP contribution in [0.5, 0.6) is 0 Å². The van der Waals surface area contributed by atoms with Crippen molar-refractivity contribution in [3.05, 3.63) is 58.6 Å². The minimum Gasteiger partial charge on any atom is -0.225 e. The van der Waals surface area contributed by atoms with E-state index in [0.29, 0.717) is 12.1 Å². The van der Waals surface area contributed by atoms with Crippen molar-refractivity contribution in [3.63, 3.8) is 0 Å². The number of hydrogen-bond acceptors (Lipinski definition) is 4. The van der Waals surface area contributed by atoms with Gasteiger partial charge in [0.1, 0.15) is 4.90 Å². The smallest absolute Gasteiger partial charge is 0.225 e. The number of halogens is 4. The summed E-state index contributed by atoms with van der Waals surface area (Å²) < 4.78 is 88.5. The van der Waals surface area contributed by atoms with Crippen LogP contribution in [0.1, 0.15) is 24.1 Å². The Morgan fingerprint density at radius 3 is 2.26 bits per heavy atom. The summed E-state index contributed by atoms with van der Waals surface area (Å²) in [4.78, 5) is -0.975. The van der Waals surface area contributed by atoms with Crippen LogP contribution in [0.25, 0.3) is 0 Å². The molecule has 0 aliphatic heterocycles. The molecule has 2 rings (SSSR count). The second-order valence-electron chi connectivity index (χ2n) is 5.60. The SMILES string of the molecule is CC(NS(=O)(=O)c1cc(C(F)(F)F)ccc1Cl)c1cccc(S(N)(=O)=O)c1. The lowest BCUT2D eigenvalue weighted by molar-refractivity contribution is -0.137. The molecule has 6 nitrogen and oxygen atoms in total. The highest BCUT2D eigenvalue weighted by atomic mass is 35.5. The van der Waals surface area contributed by atoms with Gasteiger partial charge in [0.2, 0.25) is 20.0 Å². The Bertz CT molecular complexity index is 1070. The molecule has 0 aliphatic carbocycles. The summed E-state index contributed by atoms with van der Waals surface area (Å²) >= 11 is 5.76. The van der Waals surface area contributed by atoms with Crippen LogP contribution in [-0.4, -0.2) is 16.8 Å². The van der Waals surface area contributed by atoms with Crippen LogP contribution in [0.4, 0.5) is 13.2 Å². The third-order valence-electron chi connectivity index (χ3n) is 3.57. The van der Waals surface area contributed by atoms with Crippen LogP contribution in [0.3, 0.4) is 0 Å². The molecule has 0 amide bonds. The number of benzene rings is 2. The molecule has 0 aliphatic rings. The van der Waals surface area contributed by atoms with Crippen LogP contribution >= 0.6 is 11.6 Å². The van der Waals surface area contributed by atoms with E-state index in [1.54, 1.807) is 0 Å². The zero-order chi connectivity index (χ0) is 20.6. The molecule has 0 spiro atoms. The first-order valence-electron chi connectivity index (χ1n) is 7.23. The third kappa shape index (κ3) is 5.20. The Kier molecular flexibility index (Phi) is 5.93.